The van der Waals surface area contributed by atoms with Crippen molar-refractivity contribution in [3.8, 4) is 5.75 Å². The SMILES string of the molecule is COC(=O)c1ccccc1Nc1ccc(NC(=O)Cc2ccc(OC)cc2)cn1. The lowest BCUT2D eigenvalue weighted by Gasteiger charge is -2.11. The minimum Gasteiger partial charge on any atom is -0.497 e. The Morgan fingerprint density at radius 1 is 0.966 bits per heavy atom. The maximum Gasteiger partial charge on any atom is 0.339 e. The van der Waals surface area contributed by atoms with E-state index >= 15 is 0 Å². The van der Waals surface area contributed by atoms with Crippen molar-refractivity contribution in [2.24, 2.45) is 0 Å². The lowest BCUT2D eigenvalue weighted by atomic mass is 10.1. The second-order valence-corrected chi connectivity index (χ2v) is 6.17. The van der Waals surface area contributed by atoms with Crippen LogP contribution >= 0.6 is 0 Å². The number of ether oxygens (including phenoxy) is 2. The van der Waals surface area contributed by atoms with Gasteiger partial charge in [0.2, 0.25) is 5.91 Å². The average Bonchev–Trinajstić information content (AvgIpc) is 2.75. The Labute approximate surface area is 168 Å². The number of carbonyl (C=O) groups is 2. The molecule has 0 aliphatic carbocycles. The van der Waals surface area contributed by atoms with Gasteiger partial charge in [-0.15, -0.1) is 0 Å². The van der Waals surface area contributed by atoms with Crippen LogP contribution in [0.3, 0.4) is 0 Å². The number of hydrogen-bond acceptors (Lipinski definition) is 6. The van der Waals surface area contributed by atoms with Gasteiger partial charge in [-0.2, -0.15) is 0 Å². The van der Waals surface area contributed by atoms with E-state index in [0.717, 1.165) is 11.3 Å². The lowest BCUT2D eigenvalue weighted by molar-refractivity contribution is -0.115. The molecule has 148 valence electrons. The summed E-state index contributed by atoms with van der Waals surface area (Å²) in [6.45, 7) is 0. The van der Waals surface area contributed by atoms with Gasteiger partial charge in [-0.25, -0.2) is 9.78 Å². The number of methoxy groups -OCH3 is 2. The Hall–Kier alpha value is -3.87. The number of amides is 1. The van der Waals surface area contributed by atoms with Gasteiger partial charge in [0.1, 0.15) is 11.6 Å². The van der Waals surface area contributed by atoms with Gasteiger partial charge in [-0.1, -0.05) is 24.3 Å². The summed E-state index contributed by atoms with van der Waals surface area (Å²) in [7, 11) is 2.93. The van der Waals surface area contributed by atoms with Crippen LogP contribution in [0.15, 0.2) is 66.9 Å². The van der Waals surface area contributed by atoms with Gasteiger partial charge in [-0.05, 0) is 42.0 Å². The highest BCUT2D eigenvalue weighted by Gasteiger charge is 2.11. The van der Waals surface area contributed by atoms with Crippen molar-refractivity contribution >= 4 is 29.1 Å². The molecule has 0 radical (unpaired) electrons. The van der Waals surface area contributed by atoms with Gasteiger partial charge in [-0.3, -0.25) is 4.79 Å². The fourth-order valence-electron chi connectivity index (χ4n) is 2.69. The third kappa shape index (κ3) is 5.32. The molecule has 29 heavy (non-hydrogen) atoms. The van der Waals surface area contributed by atoms with E-state index < -0.39 is 5.97 Å². The molecule has 0 aliphatic rings. The quantitative estimate of drug-likeness (QED) is 0.596. The van der Waals surface area contributed by atoms with Crippen molar-refractivity contribution in [2.45, 2.75) is 6.42 Å². The smallest absolute Gasteiger partial charge is 0.339 e. The summed E-state index contributed by atoms with van der Waals surface area (Å²) < 4.78 is 9.90. The zero-order chi connectivity index (χ0) is 20.6. The maximum atomic E-state index is 12.2. The van der Waals surface area contributed by atoms with Gasteiger partial charge in [0.05, 0.1) is 43.8 Å². The standard InChI is InChI=1S/C22H21N3O4/c1-28-17-10-7-15(8-11-17)13-21(26)24-16-9-12-20(23-14-16)25-19-6-4-3-5-18(19)22(27)29-2/h3-12,14H,13H2,1-2H3,(H,23,25)(H,24,26). The van der Waals surface area contributed by atoms with Crippen molar-refractivity contribution < 1.29 is 19.1 Å². The van der Waals surface area contributed by atoms with E-state index in [9.17, 15) is 9.59 Å². The highest BCUT2D eigenvalue weighted by atomic mass is 16.5. The molecule has 0 unspecified atom stereocenters. The minimum atomic E-state index is -0.435. The van der Waals surface area contributed by atoms with Crippen LogP contribution in [-0.4, -0.2) is 31.1 Å². The molecule has 0 fully saturated rings. The van der Waals surface area contributed by atoms with Crippen LogP contribution in [0.1, 0.15) is 15.9 Å². The predicted molar refractivity (Wildman–Crippen MR) is 111 cm³/mol. The normalized spacial score (nSPS) is 10.1. The third-order valence-corrected chi connectivity index (χ3v) is 4.17. The molecule has 0 atom stereocenters. The number of aromatic nitrogens is 1. The number of pyridine rings is 1. The van der Waals surface area contributed by atoms with Gasteiger partial charge in [0.25, 0.3) is 0 Å². The minimum absolute atomic E-state index is 0.145. The number of nitrogens with one attached hydrogen (secondary N) is 2. The Morgan fingerprint density at radius 3 is 2.38 bits per heavy atom. The Kier molecular flexibility index (Phi) is 6.42. The van der Waals surface area contributed by atoms with E-state index in [-0.39, 0.29) is 12.3 Å². The van der Waals surface area contributed by atoms with E-state index in [2.05, 4.69) is 15.6 Å². The summed E-state index contributed by atoms with van der Waals surface area (Å²) in [6, 6.07) is 17.8. The number of para-hydroxylation sites is 1. The molecule has 7 nitrogen and oxygen atoms in total. The maximum absolute atomic E-state index is 12.2. The van der Waals surface area contributed by atoms with Gasteiger partial charge in [0.15, 0.2) is 0 Å². The molecule has 3 aromatic rings. The van der Waals surface area contributed by atoms with Crippen molar-refractivity contribution in [1.82, 2.24) is 4.98 Å². The first-order valence-electron chi connectivity index (χ1n) is 8.92. The fourth-order valence-corrected chi connectivity index (χ4v) is 2.69. The molecule has 0 bridgehead atoms. The summed E-state index contributed by atoms with van der Waals surface area (Å²) in [5.41, 5.74) is 2.46. The van der Waals surface area contributed by atoms with Crippen molar-refractivity contribution in [3.63, 3.8) is 0 Å². The second kappa shape index (κ2) is 9.36. The van der Waals surface area contributed by atoms with Crippen molar-refractivity contribution in [1.29, 1.82) is 0 Å². The first-order valence-corrected chi connectivity index (χ1v) is 8.92. The van der Waals surface area contributed by atoms with Crippen LogP contribution in [0, 0.1) is 0 Å². The van der Waals surface area contributed by atoms with Gasteiger partial charge in [0, 0.05) is 0 Å². The summed E-state index contributed by atoms with van der Waals surface area (Å²) in [5, 5.41) is 5.90. The molecule has 2 N–H and O–H groups in total. The highest BCUT2D eigenvalue weighted by Crippen LogP contribution is 2.21. The molecule has 0 saturated heterocycles. The number of carbonyl (C=O) groups excluding carboxylic acids is 2. The van der Waals surface area contributed by atoms with Crippen molar-refractivity contribution in [2.75, 3.05) is 24.9 Å². The number of benzene rings is 2. The van der Waals surface area contributed by atoms with Crippen LogP contribution in [0.25, 0.3) is 0 Å². The molecule has 1 aromatic heterocycles. The van der Waals surface area contributed by atoms with E-state index in [1.165, 1.54) is 7.11 Å². The molecule has 1 heterocycles. The number of rotatable bonds is 7. The summed E-state index contributed by atoms with van der Waals surface area (Å²) >= 11 is 0. The topological polar surface area (TPSA) is 89.6 Å². The van der Waals surface area contributed by atoms with Gasteiger partial charge < -0.3 is 20.1 Å². The predicted octanol–water partition coefficient (Wildman–Crippen LogP) is 3.80. The molecular weight excluding hydrogens is 370 g/mol. The largest absolute Gasteiger partial charge is 0.497 e. The Bertz CT molecular complexity index is 986. The van der Waals surface area contributed by atoms with Crippen LogP contribution < -0.4 is 15.4 Å². The Balaban J connectivity index is 1.61. The first-order chi connectivity index (χ1) is 14.1. The monoisotopic (exact) mass is 391 g/mol. The molecule has 7 heteroatoms. The molecule has 2 aromatic carbocycles. The zero-order valence-corrected chi connectivity index (χ0v) is 16.1. The molecule has 3 rings (SSSR count). The van der Waals surface area contributed by atoms with Crippen LogP contribution in [0.2, 0.25) is 0 Å². The first kappa shape index (κ1) is 19.9. The summed E-state index contributed by atoms with van der Waals surface area (Å²) in [5.74, 6) is 0.703. The zero-order valence-electron chi connectivity index (χ0n) is 16.1. The summed E-state index contributed by atoms with van der Waals surface area (Å²) in [6.07, 6.45) is 1.80. The number of anilines is 3. The third-order valence-electron chi connectivity index (χ3n) is 4.17. The number of hydrogen-bond donors (Lipinski definition) is 2. The van der Waals surface area contributed by atoms with Crippen LogP contribution in [-0.2, 0) is 16.0 Å². The Morgan fingerprint density at radius 2 is 1.72 bits per heavy atom. The van der Waals surface area contributed by atoms with E-state index in [4.69, 9.17) is 9.47 Å². The highest BCUT2D eigenvalue weighted by molar-refractivity contribution is 5.96. The molecule has 1 amide bonds. The van der Waals surface area contributed by atoms with E-state index in [1.807, 2.05) is 30.3 Å². The number of esters is 1. The molecule has 0 aliphatic heterocycles. The summed E-state index contributed by atoms with van der Waals surface area (Å²) in [4.78, 5) is 28.4. The molecule has 0 saturated carbocycles. The molecular formula is C22H21N3O4. The fraction of sp³-hybridized carbons (Fsp3) is 0.136. The molecule has 0 spiro atoms. The van der Waals surface area contributed by atoms with E-state index in [0.29, 0.717) is 22.8 Å². The van der Waals surface area contributed by atoms with Crippen LogP contribution in [0.5, 0.6) is 5.75 Å². The van der Waals surface area contributed by atoms with Crippen molar-refractivity contribution in [3.05, 3.63) is 78.0 Å². The second-order valence-electron chi connectivity index (χ2n) is 6.17. The average molecular weight is 391 g/mol. The van der Waals surface area contributed by atoms with Crippen LogP contribution in [0.4, 0.5) is 17.2 Å². The lowest BCUT2D eigenvalue weighted by Crippen LogP contribution is -2.14. The van der Waals surface area contributed by atoms with E-state index in [1.54, 1.807) is 43.6 Å². The van der Waals surface area contributed by atoms with Gasteiger partial charge >= 0.3 is 5.97 Å². The number of nitrogens with zero attached hydrogens (tertiary/aromatic N) is 1.